The van der Waals surface area contributed by atoms with Crippen LogP contribution in [0.15, 0.2) is 28.7 Å². The highest BCUT2D eigenvalue weighted by Crippen LogP contribution is 2.49. The number of amides is 1. The standard InChI is InChI=1S/C15H19BrN2O.ClH/c16-12-3-1-2-11(10-12)15(6-7-15)14(19)18-13-4-8-17-9-5-13;/h1-3,10,13,17H,4-9H2,(H,18,19);1H. The van der Waals surface area contributed by atoms with Gasteiger partial charge in [-0.15, -0.1) is 12.4 Å². The molecule has 1 aliphatic heterocycles. The molecule has 20 heavy (non-hydrogen) atoms. The van der Waals surface area contributed by atoms with Gasteiger partial charge in [0.05, 0.1) is 5.41 Å². The molecule has 1 saturated heterocycles. The topological polar surface area (TPSA) is 41.1 Å². The van der Waals surface area contributed by atoms with Crippen LogP contribution in [0, 0.1) is 0 Å². The fourth-order valence-corrected chi connectivity index (χ4v) is 3.25. The van der Waals surface area contributed by atoms with Crippen LogP contribution in [0.4, 0.5) is 0 Å². The second-order valence-corrected chi connectivity index (χ2v) is 6.51. The summed E-state index contributed by atoms with van der Waals surface area (Å²) in [4.78, 5) is 12.6. The largest absolute Gasteiger partial charge is 0.353 e. The summed E-state index contributed by atoms with van der Waals surface area (Å²) in [5, 5.41) is 6.57. The van der Waals surface area contributed by atoms with Crippen molar-refractivity contribution in [2.75, 3.05) is 13.1 Å². The number of nitrogens with one attached hydrogen (secondary N) is 2. The SMILES string of the molecule is Cl.O=C(NC1CCNCC1)C1(c2cccc(Br)c2)CC1. The van der Waals surface area contributed by atoms with Crippen LogP contribution >= 0.6 is 28.3 Å². The third kappa shape index (κ3) is 3.18. The molecule has 3 nitrogen and oxygen atoms in total. The Labute approximate surface area is 134 Å². The first-order chi connectivity index (χ1) is 9.21. The molecule has 0 unspecified atom stereocenters. The van der Waals surface area contributed by atoms with Crippen molar-refractivity contribution >= 4 is 34.2 Å². The molecule has 0 spiro atoms. The molecule has 0 bridgehead atoms. The van der Waals surface area contributed by atoms with E-state index in [4.69, 9.17) is 0 Å². The second kappa shape index (κ2) is 6.46. The van der Waals surface area contributed by atoms with Crippen LogP contribution in [0.5, 0.6) is 0 Å². The van der Waals surface area contributed by atoms with Gasteiger partial charge in [0.2, 0.25) is 5.91 Å². The number of rotatable bonds is 3. The van der Waals surface area contributed by atoms with Crippen LogP contribution in [0.3, 0.4) is 0 Å². The lowest BCUT2D eigenvalue weighted by Gasteiger charge is -2.26. The van der Waals surface area contributed by atoms with Gasteiger partial charge in [0, 0.05) is 10.5 Å². The van der Waals surface area contributed by atoms with E-state index in [9.17, 15) is 4.79 Å². The van der Waals surface area contributed by atoms with Crippen LogP contribution in [-0.4, -0.2) is 25.0 Å². The van der Waals surface area contributed by atoms with Crippen molar-refractivity contribution in [1.29, 1.82) is 0 Å². The van der Waals surface area contributed by atoms with Gasteiger partial charge in [-0.3, -0.25) is 4.79 Å². The number of hydrogen-bond acceptors (Lipinski definition) is 2. The molecule has 1 aromatic carbocycles. The number of benzene rings is 1. The highest BCUT2D eigenvalue weighted by molar-refractivity contribution is 9.10. The third-order valence-corrected chi connectivity index (χ3v) is 4.73. The van der Waals surface area contributed by atoms with Crippen molar-refractivity contribution in [3.05, 3.63) is 34.3 Å². The molecule has 1 aliphatic carbocycles. The first kappa shape index (κ1) is 15.8. The van der Waals surface area contributed by atoms with E-state index < -0.39 is 0 Å². The fourth-order valence-electron chi connectivity index (χ4n) is 2.85. The van der Waals surface area contributed by atoms with Crippen LogP contribution in [0.2, 0.25) is 0 Å². The number of halogens is 2. The van der Waals surface area contributed by atoms with Gasteiger partial charge in [0.15, 0.2) is 0 Å². The Hall–Kier alpha value is -0.580. The van der Waals surface area contributed by atoms with Gasteiger partial charge in [-0.25, -0.2) is 0 Å². The Morgan fingerprint density at radius 2 is 2.00 bits per heavy atom. The van der Waals surface area contributed by atoms with E-state index in [0.717, 1.165) is 48.8 Å². The molecule has 0 radical (unpaired) electrons. The van der Waals surface area contributed by atoms with Crippen molar-refractivity contribution in [2.45, 2.75) is 37.1 Å². The number of carbonyl (C=O) groups is 1. The minimum atomic E-state index is -0.255. The predicted molar refractivity (Wildman–Crippen MR) is 86.3 cm³/mol. The number of carbonyl (C=O) groups excluding carboxylic acids is 1. The quantitative estimate of drug-likeness (QED) is 0.871. The van der Waals surface area contributed by atoms with Gasteiger partial charge in [0.1, 0.15) is 0 Å². The maximum atomic E-state index is 12.6. The van der Waals surface area contributed by atoms with Crippen molar-refractivity contribution in [3.8, 4) is 0 Å². The molecule has 2 aliphatic rings. The van der Waals surface area contributed by atoms with Crippen LogP contribution in [0.1, 0.15) is 31.2 Å². The normalized spacial score (nSPS) is 20.9. The summed E-state index contributed by atoms with van der Waals surface area (Å²) < 4.78 is 1.05. The lowest BCUT2D eigenvalue weighted by molar-refractivity contribution is -0.124. The lowest BCUT2D eigenvalue weighted by Crippen LogP contribution is -2.46. The van der Waals surface area contributed by atoms with Gasteiger partial charge in [-0.05, 0) is 56.5 Å². The first-order valence-corrected chi connectivity index (χ1v) is 7.78. The molecule has 1 amide bonds. The van der Waals surface area contributed by atoms with Gasteiger partial charge in [-0.1, -0.05) is 28.1 Å². The van der Waals surface area contributed by atoms with E-state index >= 15 is 0 Å². The van der Waals surface area contributed by atoms with E-state index in [2.05, 4.69) is 38.7 Å². The summed E-state index contributed by atoms with van der Waals surface area (Å²) in [5.41, 5.74) is 0.891. The Balaban J connectivity index is 0.00000147. The number of hydrogen-bond donors (Lipinski definition) is 2. The van der Waals surface area contributed by atoms with Crippen molar-refractivity contribution in [1.82, 2.24) is 10.6 Å². The predicted octanol–water partition coefficient (Wildman–Crippen LogP) is 2.77. The Morgan fingerprint density at radius 1 is 1.30 bits per heavy atom. The molecule has 110 valence electrons. The Bertz CT molecular complexity index is 485. The minimum absolute atomic E-state index is 0. The zero-order valence-corrected chi connectivity index (χ0v) is 13.7. The maximum Gasteiger partial charge on any atom is 0.230 e. The van der Waals surface area contributed by atoms with Gasteiger partial charge in [-0.2, -0.15) is 0 Å². The van der Waals surface area contributed by atoms with Crippen LogP contribution in [-0.2, 0) is 10.2 Å². The minimum Gasteiger partial charge on any atom is -0.353 e. The first-order valence-electron chi connectivity index (χ1n) is 6.98. The van der Waals surface area contributed by atoms with E-state index in [1.165, 1.54) is 0 Å². The van der Waals surface area contributed by atoms with E-state index in [1.54, 1.807) is 0 Å². The van der Waals surface area contributed by atoms with Gasteiger partial charge >= 0.3 is 0 Å². The molecule has 0 atom stereocenters. The zero-order chi connectivity index (χ0) is 13.3. The molecule has 0 aromatic heterocycles. The molecular weight excluding hydrogens is 340 g/mol. The van der Waals surface area contributed by atoms with Crippen molar-refractivity contribution in [3.63, 3.8) is 0 Å². The van der Waals surface area contributed by atoms with Crippen molar-refractivity contribution in [2.24, 2.45) is 0 Å². The van der Waals surface area contributed by atoms with Crippen molar-refractivity contribution < 1.29 is 4.79 Å². The molecule has 1 aromatic rings. The summed E-state index contributed by atoms with van der Waals surface area (Å²) in [6.45, 7) is 2.02. The average molecular weight is 360 g/mol. The third-order valence-electron chi connectivity index (χ3n) is 4.24. The van der Waals surface area contributed by atoms with Crippen LogP contribution in [0.25, 0.3) is 0 Å². The summed E-state index contributed by atoms with van der Waals surface area (Å²) in [6, 6.07) is 8.51. The summed E-state index contributed by atoms with van der Waals surface area (Å²) in [6.07, 6.45) is 4.03. The maximum absolute atomic E-state index is 12.6. The van der Waals surface area contributed by atoms with E-state index in [1.807, 2.05) is 12.1 Å². The molecule has 1 heterocycles. The molecule has 1 saturated carbocycles. The summed E-state index contributed by atoms with van der Waals surface area (Å²) in [5.74, 6) is 0.220. The van der Waals surface area contributed by atoms with Crippen LogP contribution < -0.4 is 10.6 Å². The summed E-state index contributed by atoms with van der Waals surface area (Å²) in [7, 11) is 0. The highest BCUT2D eigenvalue weighted by atomic mass is 79.9. The Kier molecular flexibility index (Phi) is 5.10. The second-order valence-electron chi connectivity index (χ2n) is 5.59. The lowest BCUT2D eigenvalue weighted by atomic mass is 9.94. The average Bonchev–Trinajstić information content (AvgIpc) is 3.21. The molecule has 2 fully saturated rings. The monoisotopic (exact) mass is 358 g/mol. The smallest absolute Gasteiger partial charge is 0.230 e. The fraction of sp³-hybridized carbons (Fsp3) is 0.533. The molecule has 5 heteroatoms. The van der Waals surface area contributed by atoms with Gasteiger partial charge < -0.3 is 10.6 Å². The molecule has 3 rings (SSSR count). The molecule has 2 N–H and O–H groups in total. The van der Waals surface area contributed by atoms with E-state index in [-0.39, 0.29) is 23.7 Å². The zero-order valence-electron chi connectivity index (χ0n) is 11.3. The van der Waals surface area contributed by atoms with Gasteiger partial charge in [0.25, 0.3) is 0 Å². The Morgan fingerprint density at radius 3 is 2.60 bits per heavy atom. The van der Waals surface area contributed by atoms with E-state index in [0.29, 0.717) is 6.04 Å². The summed E-state index contributed by atoms with van der Waals surface area (Å²) >= 11 is 3.49. The number of piperidine rings is 1. The highest BCUT2D eigenvalue weighted by Gasteiger charge is 2.51. The molecular formula is C15H20BrClN2O.